The molecule has 1 aliphatic carbocycles. The van der Waals surface area contributed by atoms with Gasteiger partial charge in [-0.1, -0.05) is 18.9 Å². The van der Waals surface area contributed by atoms with Crippen LogP contribution >= 0.6 is 0 Å². The molecule has 0 unspecified atom stereocenters. The summed E-state index contributed by atoms with van der Waals surface area (Å²) >= 11 is 0. The molecule has 1 aliphatic rings. The Balaban J connectivity index is 1.83. The van der Waals surface area contributed by atoms with Crippen LogP contribution in [0.15, 0.2) is 30.5 Å². The fourth-order valence-corrected chi connectivity index (χ4v) is 2.96. The standard InChI is InChI=1S/C16H17F2N3O2/c17-11-4-3-5-12(18)14(11)21-9-6-13(20-21)15(23)19-16(10-22)7-1-2-8-16/h3-6,9,22H,1-2,7-8,10H2,(H,19,23). The van der Waals surface area contributed by atoms with E-state index in [0.29, 0.717) is 12.8 Å². The second-order valence-electron chi connectivity index (χ2n) is 5.82. The highest BCUT2D eigenvalue weighted by atomic mass is 19.1. The lowest BCUT2D eigenvalue weighted by Crippen LogP contribution is -2.49. The average molecular weight is 321 g/mol. The Hall–Kier alpha value is -2.28. The predicted molar refractivity (Wildman–Crippen MR) is 79.2 cm³/mol. The normalized spacial score (nSPS) is 16.5. The van der Waals surface area contributed by atoms with E-state index in [1.54, 1.807) is 0 Å². The lowest BCUT2D eigenvalue weighted by atomic mass is 9.99. The van der Waals surface area contributed by atoms with Crippen LogP contribution in [0.4, 0.5) is 8.78 Å². The van der Waals surface area contributed by atoms with E-state index in [1.807, 2.05) is 0 Å². The summed E-state index contributed by atoms with van der Waals surface area (Å²) in [4.78, 5) is 12.3. The smallest absolute Gasteiger partial charge is 0.272 e. The first-order valence-electron chi connectivity index (χ1n) is 7.48. The van der Waals surface area contributed by atoms with Gasteiger partial charge in [0, 0.05) is 6.20 Å². The van der Waals surface area contributed by atoms with Gasteiger partial charge in [0.05, 0.1) is 12.1 Å². The molecule has 2 aromatic rings. The minimum Gasteiger partial charge on any atom is -0.394 e. The van der Waals surface area contributed by atoms with E-state index in [9.17, 15) is 18.7 Å². The first-order valence-corrected chi connectivity index (χ1v) is 7.48. The summed E-state index contributed by atoms with van der Waals surface area (Å²) in [5.41, 5.74) is -0.902. The number of nitrogens with zero attached hydrogens (tertiary/aromatic N) is 2. The number of halogens is 2. The quantitative estimate of drug-likeness (QED) is 0.907. The average Bonchev–Trinajstić information content (AvgIpc) is 3.17. The van der Waals surface area contributed by atoms with Gasteiger partial charge in [0.25, 0.3) is 5.91 Å². The Morgan fingerprint density at radius 2 is 1.91 bits per heavy atom. The van der Waals surface area contributed by atoms with Crippen molar-refractivity contribution in [2.24, 2.45) is 0 Å². The molecule has 3 rings (SSSR count). The van der Waals surface area contributed by atoms with Gasteiger partial charge in [-0.2, -0.15) is 5.10 Å². The number of rotatable bonds is 4. The summed E-state index contributed by atoms with van der Waals surface area (Å²) in [6.07, 6.45) is 4.62. The Bertz CT molecular complexity index is 704. The molecule has 1 aromatic heterocycles. The zero-order chi connectivity index (χ0) is 16.4. The summed E-state index contributed by atoms with van der Waals surface area (Å²) in [5.74, 6) is -1.98. The van der Waals surface area contributed by atoms with Crippen LogP contribution < -0.4 is 5.32 Å². The largest absolute Gasteiger partial charge is 0.394 e. The second kappa shape index (κ2) is 6.08. The molecule has 2 N–H and O–H groups in total. The third-order valence-corrected chi connectivity index (χ3v) is 4.23. The van der Waals surface area contributed by atoms with Gasteiger partial charge in [0.2, 0.25) is 0 Å². The van der Waals surface area contributed by atoms with Gasteiger partial charge in [0.1, 0.15) is 5.69 Å². The van der Waals surface area contributed by atoms with Gasteiger partial charge >= 0.3 is 0 Å². The van der Waals surface area contributed by atoms with Crippen molar-refractivity contribution in [2.45, 2.75) is 31.2 Å². The Morgan fingerprint density at radius 1 is 1.26 bits per heavy atom. The van der Waals surface area contributed by atoms with E-state index < -0.39 is 23.1 Å². The molecule has 0 radical (unpaired) electrons. The maximum atomic E-state index is 13.8. The van der Waals surface area contributed by atoms with Crippen molar-refractivity contribution in [3.05, 3.63) is 47.8 Å². The molecule has 1 aromatic carbocycles. The number of carbonyl (C=O) groups is 1. The molecule has 0 bridgehead atoms. The molecule has 0 aliphatic heterocycles. The fraction of sp³-hybridized carbons (Fsp3) is 0.375. The summed E-state index contributed by atoms with van der Waals surface area (Å²) in [6.45, 7) is -0.138. The Kier molecular flexibility index (Phi) is 4.12. The SMILES string of the molecule is O=C(NC1(CO)CCCC1)c1ccn(-c2c(F)cccc2F)n1. The van der Waals surface area contributed by atoms with Crippen molar-refractivity contribution in [3.63, 3.8) is 0 Å². The minimum atomic E-state index is -0.761. The lowest BCUT2D eigenvalue weighted by molar-refractivity contribution is 0.0833. The van der Waals surface area contributed by atoms with E-state index in [-0.39, 0.29) is 18.0 Å². The van der Waals surface area contributed by atoms with Crippen LogP contribution in [0.3, 0.4) is 0 Å². The first kappa shape index (κ1) is 15.6. The number of nitrogens with one attached hydrogen (secondary N) is 1. The molecule has 1 saturated carbocycles. The summed E-state index contributed by atoms with van der Waals surface area (Å²) in [5, 5.41) is 16.3. The molecule has 0 saturated heterocycles. The van der Waals surface area contributed by atoms with Gasteiger partial charge in [0.15, 0.2) is 17.3 Å². The van der Waals surface area contributed by atoms with Gasteiger partial charge in [-0.25, -0.2) is 13.5 Å². The summed E-state index contributed by atoms with van der Waals surface area (Å²) in [7, 11) is 0. The Morgan fingerprint density at radius 3 is 2.52 bits per heavy atom. The molecule has 1 fully saturated rings. The summed E-state index contributed by atoms with van der Waals surface area (Å²) < 4.78 is 28.5. The number of aromatic nitrogens is 2. The number of amides is 1. The number of aliphatic hydroxyl groups is 1. The second-order valence-corrected chi connectivity index (χ2v) is 5.82. The molecular formula is C16H17F2N3O2. The monoisotopic (exact) mass is 321 g/mol. The van der Waals surface area contributed by atoms with Crippen LogP contribution in [0.25, 0.3) is 5.69 Å². The molecule has 7 heteroatoms. The molecule has 0 spiro atoms. The third-order valence-electron chi connectivity index (χ3n) is 4.23. The first-order chi connectivity index (χ1) is 11.0. The van der Waals surface area contributed by atoms with E-state index in [2.05, 4.69) is 10.4 Å². The van der Waals surface area contributed by atoms with Crippen LogP contribution in [0.1, 0.15) is 36.2 Å². The highest BCUT2D eigenvalue weighted by molar-refractivity contribution is 5.92. The van der Waals surface area contributed by atoms with Gasteiger partial charge in [-0.05, 0) is 31.0 Å². The highest BCUT2D eigenvalue weighted by Crippen LogP contribution is 2.29. The molecule has 1 heterocycles. The lowest BCUT2D eigenvalue weighted by Gasteiger charge is -2.27. The van der Waals surface area contributed by atoms with E-state index >= 15 is 0 Å². The predicted octanol–water partition coefficient (Wildman–Crippen LogP) is 2.19. The highest BCUT2D eigenvalue weighted by Gasteiger charge is 2.35. The van der Waals surface area contributed by atoms with Crippen LogP contribution in [0, 0.1) is 11.6 Å². The van der Waals surface area contributed by atoms with Crippen molar-refractivity contribution in [1.29, 1.82) is 0 Å². The van der Waals surface area contributed by atoms with E-state index in [1.165, 1.54) is 18.3 Å². The van der Waals surface area contributed by atoms with E-state index in [0.717, 1.165) is 29.7 Å². The number of carbonyl (C=O) groups excluding carboxylic acids is 1. The van der Waals surface area contributed by atoms with E-state index in [4.69, 9.17) is 0 Å². The molecule has 0 atom stereocenters. The molecule has 122 valence electrons. The number of hydrogen-bond acceptors (Lipinski definition) is 3. The fourth-order valence-electron chi connectivity index (χ4n) is 2.96. The van der Waals surface area contributed by atoms with Crippen molar-refractivity contribution in [3.8, 4) is 5.69 Å². The van der Waals surface area contributed by atoms with Crippen molar-refractivity contribution < 1.29 is 18.7 Å². The zero-order valence-corrected chi connectivity index (χ0v) is 12.4. The third kappa shape index (κ3) is 2.96. The number of hydrogen-bond donors (Lipinski definition) is 2. The zero-order valence-electron chi connectivity index (χ0n) is 12.4. The van der Waals surface area contributed by atoms with Crippen molar-refractivity contribution in [1.82, 2.24) is 15.1 Å². The maximum Gasteiger partial charge on any atom is 0.272 e. The topological polar surface area (TPSA) is 67.2 Å². The molecule has 1 amide bonds. The van der Waals surface area contributed by atoms with Crippen molar-refractivity contribution >= 4 is 5.91 Å². The molecule has 5 nitrogen and oxygen atoms in total. The van der Waals surface area contributed by atoms with Crippen LogP contribution in [0.2, 0.25) is 0 Å². The Labute approximate surface area is 131 Å². The van der Waals surface area contributed by atoms with Crippen molar-refractivity contribution in [2.75, 3.05) is 6.61 Å². The molecule has 23 heavy (non-hydrogen) atoms. The van der Waals surface area contributed by atoms with Gasteiger partial charge in [-0.15, -0.1) is 0 Å². The minimum absolute atomic E-state index is 0.0485. The molecular weight excluding hydrogens is 304 g/mol. The van der Waals surface area contributed by atoms with Crippen LogP contribution in [-0.2, 0) is 0 Å². The number of benzene rings is 1. The number of aliphatic hydroxyl groups excluding tert-OH is 1. The van der Waals surface area contributed by atoms with Gasteiger partial charge in [-0.3, -0.25) is 4.79 Å². The maximum absolute atomic E-state index is 13.8. The number of para-hydroxylation sites is 1. The summed E-state index contributed by atoms with van der Waals surface area (Å²) in [6, 6.07) is 4.90. The van der Waals surface area contributed by atoms with Crippen LogP contribution in [-0.4, -0.2) is 32.9 Å². The van der Waals surface area contributed by atoms with Gasteiger partial charge < -0.3 is 10.4 Å². The van der Waals surface area contributed by atoms with Crippen LogP contribution in [0.5, 0.6) is 0 Å².